The molecule has 0 aromatic carbocycles. The highest BCUT2D eigenvalue weighted by Gasteiger charge is 2.37. The molecule has 17 heavy (non-hydrogen) atoms. The van der Waals surface area contributed by atoms with Crippen LogP contribution in [0.3, 0.4) is 0 Å². The van der Waals surface area contributed by atoms with Crippen molar-refractivity contribution in [3.63, 3.8) is 0 Å². The van der Waals surface area contributed by atoms with Gasteiger partial charge in [-0.1, -0.05) is 6.07 Å². The van der Waals surface area contributed by atoms with E-state index in [1.165, 1.54) is 12.0 Å². The Hall–Kier alpha value is -0.910. The summed E-state index contributed by atoms with van der Waals surface area (Å²) < 4.78 is 4.82. The zero-order valence-electron chi connectivity index (χ0n) is 9.96. The fraction of sp³-hybridized carbons (Fsp3) is 0.583. The van der Waals surface area contributed by atoms with Gasteiger partial charge in [-0.2, -0.15) is 0 Å². The van der Waals surface area contributed by atoms with Crippen molar-refractivity contribution in [1.82, 2.24) is 4.90 Å². The molecule has 1 heterocycles. The number of rotatable bonds is 6. The predicted molar refractivity (Wildman–Crippen MR) is 67.7 cm³/mol. The number of methoxy groups -OCH3 is 1. The SMILES string of the molecule is COC(=O)C(CN)N(Cc1cccs1)C1CC1. The molecule has 1 aromatic rings. The lowest BCUT2D eigenvalue weighted by molar-refractivity contribution is -0.147. The van der Waals surface area contributed by atoms with Crippen LogP contribution in [0.2, 0.25) is 0 Å². The molecule has 4 nitrogen and oxygen atoms in total. The van der Waals surface area contributed by atoms with E-state index in [4.69, 9.17) is 10.5 Å². The number of hydrogen-bond donors (Lipinski definition) is 1. The van der Waals surface area contributed by atoms with Gasteiger partial charge in [-0.05, 0) is 24.3 Å². The largest absolute Gasteiger partial charge is 0.468 e. The number of hydrogen-bond acceptors (Lipinski definition) is 5. The Balaban J connectivity index is 2.07. The van der Waals surface area contributed by atoms with Crippen molar-refractivity contribution >= 4 is 17.3 Å². The van der Waals surface area contributed by atoms with E-state index in [1.807, 2.05) is 6.07 Å². The number of thiophene rings is 1. The third kappa shape index (κ3) is 3.06. The van der Waals surface area contributed by atoms with Crippen LogP contribution in [0.4, 0.5) is 0 Å². The van der Waals surface area contributed by atoms with Crippen LogP contribution in [0.25, 0.3) is 0 Å². The van der Waals surface area contributed by atoms with Gasteiger partial charge in [-0.25, -0.2) is 0 Å². The predicted octanol–water partition coefficient (Wildman–Crippen LogP) is 1.21. The standard InChI is InChI=1S/C12H18N2O2S/c1-16-12(15)11(7-13)14(9-4-5-9)8-10-3-2-6-17-10/h2-3,6,9,11H,4-5,7-8,13H2,1H3. The van der Waals surface area contributed by atoms with Gasteiger partial charge >= 0.3 is 5.97 Å². The molecular weight excluding hydrogens is 236 g/mol. The Morgan fingerprint density at radius 1 is 1.71 bits per heavy atom. The lowest BCUT2D eigenvalue weighted by Crippen LogP contribution is -2.47. The van der Waals surface area contributed by atoms with Gasteiger partial charge in [0, 0.05) is 24.0 Å². The molecule has 2 N–H and O–H groups in total. The first kappa shape index (κ1) is 12.5. The second-order valence-corrected chi connectivity index (χ2v) is 5.29. The van der Waals surface area contributed by atoms with Crippen LogP contribution >= 0.6 is 11.3 Å². The van der Waals surface area contributed by atoms with Crippen LogP contribution in [-0.2, 0) is 16.1 Å². The number of carbonyl (C=O) groups is 1. The van der Waals surface area contributed by atoms with Crippen LogP contribution in [0.5, 0.6) is 0 Å². The summed E-state index contributed by atoms with van der Waals surface area (Å²) in [5.74, 6) is -0.226. The van der Waals surface area contributed by atoms with Crippen molar-refractivity contribution in [2.24, 2.45) is 5.73 Å². The Bertz CT molecular complexity index is 363. The molecule has 0 aliphatic heterocycles. The van der Waals surface area contributed by atoms with Gasteiger partial charge in [0.1, 0.15) is 6.04 Å². The van der Waals surface area contributed by atoms with Gasteiger partial charge in [0.25, 0.3) is 0 Å². The minimum Gasteiger partial charge on any atom is -0.468 e. The van der Waals surface area contributed by atoms with Gasteiger partial charge in [-0.15, -0.1) is 11.3 Å². The Morgan fingerprint density at radius 3 is 2.94 bits per heavy atom. The summed E-state index contributed by atoms with van der Waals surface area (Å²) in [7, 11) is 1.42. The Labute approximate surface area is 105 Å². The van der Waals surface area contributed by atoms with E-state index in [0.29, 0.717) is 12.6 Å². The first-order valence-corrected chi connectivity index (χ1v) is 6.70. The fourth-order valence-corrected chi connectivity index (χ4v) is 2.70. The van der Waals surface area contributed by atoms with Crippen LogP contribution in [0.1, 0.15) is 17.7 Å². The summed E-state index contributed by atoms with van der Waals surface area (Å²) in [6.07, 6.45) is 2.30. The molecular formula is C12H18N2O2S. The van der Waals surface area contributed by atoms with Crippen LogP contribution in [-0.4, -0.2) is 36.6 Å². The number of carbonyl (C=O) groups excluding carboxylic acids is 1. The van der Waals surface area contributed by atoms with E-state index in [9.17, 15) is 4.79 Å². The first-order chi connectivity index (χ1) is 8.26. The van der Waals surface area contributed by atoms with Crippen molar-refractivity contribution in [2.45, 2.75) is 31.5 Å². The molecule has 1 fully saturated rings. The summed E-state index contributed by atoms with van der Waals surface area (Å²) in [4.78, 5) is 15.1. The van der Waals surface area contributed by atoms with Gasteiger partial charge in [0.05, 0.1) is 7.11 Å². The Kier molecular flexibility index (Phi) is 4.15. The number of nitrogens with two attached hydrogens (primary N) is 1. The molecule has 1 saturated carbocycles. The molecule has 0 amide bonds. The van der Waals surface area contributed by atoms with Gasteiger partial charge in [-0.3, -0.25) is 9.69 Å². The average Bonchev–Trinajstić information content (AvgIpc) is 3.06. The molecule has 1 unspecified atom stereocenters. The number of esters is 1. The highest BCUT2D eigenvalue weighted by molar-refractivity contribution is 7.09. The van der Waals surface area contributed by atoms with Crippen molar-refractivity contribution in [2.75, 3.05) is 13.7 Å². The average molecular weight is 254 g/mol. The first-order valence-electron chi connectivity index (χ1n) is 5.82. The maximum atomic E-state index is 11.7. The van der Waals surface area contributed by atoms with Gasteiger partial charge in [0.2, 0.25) is 0 Å². The van der Waals surface area contributed by atoms with Crippen LogP contribution in [0.15, 0.2) is 17.5 Å². The Morgan fingerprint density at radius 2 is 2.47 bits per heavy atom. The lowest BCUT2D eigenvalue weighted by atomic mass is 10.2. The second kappa shape index (κ2) is 5.62. The highest BCUT2D eigenvalue weighted by Crippen LogP contribution is 2.31. The van der Waals surface area contributed by atoms with E-state index in [2.05, 4.69) is 16.3 Å². The minimum atomic E-state index is -0.311. The summed E-state index contributed by atoms with van der Waals surface area (Å²) in [6, 6.07) is 4.30. The fourth-order valence-electron chi connectivity index (χ4n) is 1.99. The van der Waals surface area contributed by atoms with E-state index in [0.717, 1.165) is 19.4 Å². The molecule has 5 heteroatoms. The normalized spacial score (nSPS) is 17.1. The smallest absolute Gasteiger partial charge is 0.324 e. The van der Waals surface area contributed by atoms with Crippen molar-refractivity contribution in [3.05, 3.63) is 22.4 Å². The summed E-state index contributed by atoms with van der Waals surface area (Å²) in [5.41, 5.74) is 5.71. The molecule has 1 aliphatic carbocycles. The molecule has 0 bridgehead atoms. The molecule has 0 saturated heterocycles. The monoisotopic (exact) mass is 254 g/mol. The maximum Gasteiger partial charge on any atom is 0.324 e. The maximum absolute atomic E-state index is 11.7. The summed E-state index contributed by atoms with van der Waals surface area (Å²) >= 11 is 1.71. The van der Waals surface area contributed by atoms with Crippen LogP contribution < -0.4 is 5.73 Å². The lowest BCUT2D eigenvalue weighted by Gasteiger charge is -2.28. The van der Waals surface area contributed by atoms with E-state index in [-0.39, 0.29) is 12.0 Å². The van der Waals surface area contributed by atoms with E-state index < -0.39 is 0 Å². The number of nitrogens with zero attached hydrogens (tertiary/aromatic N) is 1. The zero-order chi connectivity index (χ0) is 12.3. The van der Waals surface area contributed by atoms with Crippen molar-refractivity contribution < 1.29 is 9.53 Å². The topological polar surface area (TPSA) is 55.6 Å². The number of ether oxygens (including phenoxy) is 1. The third-order valence-corrected chi connectivity index (χ3v) is 3.89. The second-order valence-electron chi connectivity index (χ2n) is 4.26. The van der Waals surface area contributed by atoms with E-state index >= 15 is 0 Å². The molecule has 1 atom stereocenters. The quantitative estimate of drug-likeness (QED) is 0.775. The van der Waals surface area contributed by atoms with Crippen LogP contribution in [0, 0.1) is 0 Å². The minimum absolute atomic E-state index is 0.226. The molecule has 2 rings (SSSR count). The van der Waals surface area contributed by atoms with Crippen molar-refractivity contribution in [1.29, 1.82) is 0 Å². The zero-order valence-corrected chi connectivity index (χ0v) is 10.8. The molecule has 0 radical (unpaired) electrons. The van der Waals surface area contributed by atoms with Gasteiger partial charge < -0.3 is 10.5 Å². The van der Waals surface area contributed by atoms with Crippen molar-refractivity contribution in [3.8, 4) is 0 Å². The third-order valence-electron chi connectivity index (χ3n) is 3.03. The highest BCUT2D eigenvalue weighted by atomic mass is 32.1. The summed E-state index contributed by atoms with van der Waals surface area (Å²) in [5, 5.41) is 2.05. The van der Waals surface area contributed by atoms with E-state index in [1.54, 1.807) is 11.3 Å². The molecule has 94 valence electrons. The van der Waals surface area contributed by atoms with Gasteiger partial charge in [0.15, 0.2) is 0 Å². The molecule has 1 aromatic heterocycles. The molecule has 0 spiro atoms. The summed E-state index contributed by atoms with van der Waals surface area (Å²) in [6.45, 7) is 1.11. The molecule has 1 aliphatic rings.